The Labute approximate surface area is 133 Å². The number of nitrogens with one attached hydrogen (secondary N) is 1. The monoisotopic (exact) mass is 316 g/mol. The number of hydrogen-bond donors (Lipinski definition) is 1. The number of amides is 1. The Kier molecular flexibility index (Phi) is 3.50. The zero-order valence-electron chi connectivity index (χ0n) is 13.7. The highest BCUT2D eigenvalue weighted by Gasteiger charge is 2.30. The summed E-state index contributed by atoms with van der Waals surface area (Å²) in [5.74, 6) is 0.0897. The number of nitrogens with zero attached hydrogens (tertiary/aromatic N) is 3. The normalized spacial score (nSPS) is 14.1. The van der Waals surface area contributed by atoms with Gasteiger partial charge in [-0.15, -0.1) is 0 Å². The minimum atomic E-state index is -0.586. The minimum Gasteiger partial charge on any atom is -0.376 e. The molecule has 2 aromatic rings. The van der Waals surface area contributed by atoms with Crippen molar-refractivity contribution in [2.24, 2.45) is 20.0 Å². The SMILES string of the molecule is CN(C)c1cc2c(cc1NC(=O)C1CC1)n(C)c(=O)c(=O)n2C. The van der Waals surface area contributed by atoms with Crippen molar-refractivity contribution in [2.75, 3.05) is 24.3 Å². The highest BCUT2D eigenvalue weighted by molar-refractivity contribution is 6.00. The largest absolute Gasteiger partial charge is 0.376 e. The Hall–Kier alpha value is -2.57. The summed E-state index contributed by atoms with van der Waals surface area (Å²) in [7, 11) is 6.88. The predicted octanol–water partition coefficient (Wildman–Crippen LogP) is 0.652. The van der Waals surface area contributed by atoms with Crippen LogP contribution in [0.25, 0.3) is 11.0 Å². The second-order valence-electron chi connectivity index (χ2n) is 6.24. The number of aryl methyl sites for hydroxylation is 2. The molecule has 1 N–H and O–H groups in total. The van der Waals surface area contributed by atoms with Gasteiger partial charge in [-0.2, -0.15) is 0 Å². The van der Waals surface area contributed by atoms with Crippen LogP contribution in [0, 0.1) is 5.92 Å². The maximum Gasteiger partial charge on any atom is 0.316 e. The topological polar surface area (TPSA) is 76.3 Å². The van der Waals surface area contributed by atoms with Crippen molar-refractivity contribution in [3.05, 3.63) is 32.8 Å². The molecule has 1 heterocycles. The standard InChI is InChI=1S/C16H20N4O3/c1-18(2)11-8-13-12(19(3)15(22)16(23)20(13)4)7-10(11)17-14(21)9-5-6-9/h7-9H,5-6H2,1-4H3,(H,17,21). The number of carbonyl (C=O) groups is 1. The lowest BCUT2D eigenvalue weighted by atomic mass is 10.2. The van der Waals surface area contributed by atoms with Crippen LogP contribution in [-0.2, 0) is 18.9 Å². The van der Waals surface area contributed by atoms with Gasteiger partial charge in [0.2, 0.25) is 5.91 Å². The van der Waals surface area contributed by atoms with E-state index in [1.165, 1.54) is 9.13 Å². The summed E-state index contributed by atoms with van der Waals surface area (Å²) in [5.41, 5.74) is 1.53. The molecule has 23 heavy (non-hydrogen) atoms. The number of anilines is 2. The van der Waals surface area contributed by atoms with Crippen LogP contribution < -0.4 is 21.3 Å². The van der Waals surface area contributed by atoms with Gasteiger partial charge in [0.15, 0.2) is 0 Å². The third kappa shape index (κ3) is 2.52. The van der Waals surface area contributed by atoms with Crippen molar-refractivity contribution in [1.29, 1.82) is 0 Å². The quantitative estimate of drug-likeness (QED) is 0.844. The van der Waals surface area contributed by atoms with E-state index in [2.05, 4.69) is 5.32 Å². The first-order chi connectivity index (χ1) is 10.8. The second kappa shape index (κ2) is 5.26. The summed E-state index contributed by atoms with van der Waals surface area (Å²) in [6.07, 6.45) is 1.84. The molecule has 0 radical (unpaired) electrons. The van der Waals surface area contributed by atoms with E-state index in [0.717, 1.165) is 18.5 Å². The molecule has 0 saturated heterocycles. The lowest BCUT2D eigenvalue weighted by Gasteiger charge is -2.20. The van der Waals surface area contributed by atoms with E-state index < -0.39 is 11.1 Å². The molecule has 7 heteroatoms. The smallest absolute Gasteiger partial charge is 0.316 e. The summed E-state index contributed by atoms with van der Waals surface area (Å²) >= 11 is 0. The number of rotatable bonds is 3. The van der Waals surface area contributed by atoms with Gasteiger partial charge >= 0.3 is 11.1 Å². The van der Waals surface area contributed by atoms with Gasteiger partial charge < -0.3 is 19.4 Å². The zero-order valence-corrected chi connectivity index (χ0v) is 13.7. The fourth-order valence-corrected chi connectivity index (χ4v) is 2.66. The van der Waals surface area contributed by atoms with Crippen LogP contribution in [0.4, 0.5) is 11.4 Å². The van der Waals surface area contributed by atoms with Crippen molar-refractivity contribution in [1.82, 2.24) is 9.13 Å². The maximum atomic E-state index is 12.1. The van der Waals surface area contributed by atoms with E-state index in [0.29, 0.717) is 16.7 Å². The summed E-state index contributed by atoms with van der Waals surface area (Å²) < 4.78 is 2.67. The molecule has 1 aromatic heterocycles. The lowest BCUT2D eigenvalue weighted by molar-refractivity contribution is -0.117. The molecule has 1 aliphatic carbocycles. The molecule has 1 saturated carbocycles. The minimum absolute atomic E-state index is 0.00210. The number of benzene rings is 1. The van der Waals surface area contributed by atoms with E-state index in [-0.39, 0.29) is 11.8 Å². The van der Waals surface area contributed by atoms with E-state index in [4.69, 9.17) is 0 Å². The van der Waals surface area contributed by atoms with Crippen molar-refractivity contribution < 1.29 is 4.79 Å². The maximum absolute atomic E-state index is 12.1. The number of carbonyl (C=O) groups excluding carboxylic acids is 1. The molecular weight excluding hydrogens is 296 g/mol. The highest BCUT2D eigenvalue weighted by Crippen LogP contribution is 2.33. The van der Waals surface area contributed by atoms with Crippen molar-refractivity contribution in [3.63, 3.8) is 0 Å². The van der Waals surface area contributed by atoms with E-state index in [1.54, 1.807) is 20.2 Å². The summed E-state index contributed by atoms with van der Waals surface area (Å²) in [4.78, 5) is 38.0. The summed E-state index contributed by atoms with van der Waals surface area (Å²) in [6, 6.07) is 3.57. The number of hydrogen-bond acceptors (Lipinski definition) is 4. The number of fused-ring (bicyclic) bond motifs is 1. The van der Waals surface area contributed by atoms with Gasteiger partial charge in [-0.25, -0.2) is 0 Å². The molecule has 7 nitrogen and oxygen atoms in total. The Balaban J connectivity index is 2.26. The molecule has 1 fully saturated rings. The molecule has 0 aliphatic heterocycles. The Morgan fingerprint density at radius 2 is 1.61 bits per heavy atom. The number of aromatic nitrogens is 2. The molecule has 3 rings (SSSR count). The van der Waals surface area contributed by atoms with Gasteiger partial charge in [-0.3, -0.25) is 14.4 Å². The van der Waals surface area contributed by atoms with Gasteiger partial charge in [-0.1, -0.05) is 0 Å². The highest BCUT2D eigenvalue weighted by atomic mass is 16.2. The van der Waals surface area contributed by atoms with Crippen LogP contribution in [0.2, 0.25) is 0 Å². The van der Waals surface area contributed by atoms with Crippen LogP contribution in [0.5, 0.6) is 0 Å². The summed E-state index contributed by atoms with van der Waals surface area (Å²) in [6.45, 7) is 0. The zero-order chi connectivity index (χ0) is 16.9. The molecule has 0 atom stereocenters. The van der Waals surface area contributed by atoms with Gasteiger partial charge in [0.05, 0.1) is 22.4 Å². The fraction of sp³-hybridized carbons (Fsp3) is 0.438. The third-order valence-corrected chi connectivity index (χ3v) is 4.30. The predicted molar refractivity (Wildman–Crippen MR) is 90.1 cm³/mol. The van der Waals surface area contributed by atoms with Gasteiger partial charge in [0.1, 0.15) is 0 Å². The van der Waals surface area contributed by atoms with Crippen LogP contribution >= 0.6 is 0 Å². The Morgan fingerprint density at radius 1 is 1.09 bits per heavy atom. The third-order valence-electron chi connectivity index (χ3n) is 4.30. The first-order valence-electron chi connectivity index (χ1n) is 7.53. The fourth-order valence-electron chi connectivity index (χ4n) is 2.66. The molecule has 1 amide bonds. The van der Waals surface area contributed by atoms with Crippen molar-refractivity contribution >= 4 is 28.3 Å². The molecule has 0 bridgehead atoms. The van der Waals surface area contributed by atoms with E-state index in [9.17, 15) is 14.4 Å². The van der Waals surface area contributed by atoms with Crippen LogP contribution in [0.3, 0.4) is 0 Å². The molecule has 1 aromatic carbocycles. The molecule has 122 valence electrons. The van der Waals surface area contributed by atoms with Gasteiger partial charge in [0.25, 0.3) is 0 Å². The van der Waals surface area contributed by atoms with Crippen LogP contribution in [-0.4, -0.2) is 29.1 Å². The second-order valence-corrected chi connectivity index (χ2v) is 6.24. The van der Waals surface area contributed by atoms with Crippen molar-refractivity contribution in [2.45, 2.75) is 12.8 Å². The van der Waals surface area contributed by atoms with E-state index >= 15 is 0 Å². The van der Waals surface area contributed by atoms with Crippen molar-refractivity contribution in [3.8, 4) is 0 Å². The summed E-state index contributed by atoms with van der Waals surface area (Å²) in [5, 5.41) is 2.94. The Bertz CT molecular complexity index is 920. The van der Waals surface area contributed by atoms with Crippen LogP contribution in [0.1, 0.15) is 12.8 Å². The van der Waals surface area contributed by atoms with Gasteiger partial charge in [-0.05, 0) is 25.0 Å². The van der Waals surface area contributed by atoms with Gasteiger partial charge in [0, 0.05) is 34.1 Å². The van der Waals surface area contributed by atoms with Crippen LogP contribution in [0.15, 0.2) is 21.7 Å². The molecule has 0 spiro atoms. The molecule has 1 aliphatic rings. The molecule has 0 unspecified atom stereocenters. The Morgan fingerprint density at radius 3 is 2.09 bits per heavy atom. The first kappa shape index (κ1) is 15.3. The van der Waals surface area contributed by atoms with E-state index in [1.807, 2.05) is 25.1 Å². The average molecular weight is 316 g/mol. The first-order valence-corrected chi connectivity index (χ1v) is 7.53. The molecular formula is C16H20N4O3. The lowest BCUT2D eigenvalue weighted by Crippen LogP contribution is -2.39. The average Bonchev–Trinajstić information content (AvgIpc) is 3.35.